The Morgan fingerprint density at radius 3 is 2.08 bits per heavy atom. The van der Waals surface area contributed by atoms with E-state index in [1.807, 2.05) is 0 Å². The maximum atomic E-state index is 13.8. The lowest BCUT2D eigenvalue weighted by atomic mass is 10.1. The van der Waals surface area contributed by atoms with Gasteiger partial charge < -0.3 is 0 Å². The lowest BCUT2D eigenvalue weighted by Gasteiger charge is -2.16. The van der Waals surface area contributed by atoms with Crippen molar-refractivity contribution < 1.29 is 25.6 Å². The summed E-state index contributed by atoms with van der Waals surface area (Å²) in [5, 5.41) is 0. The van der Waals surface area contributed by atoms with Crippen LogP contribution < -0.4 is 4.72 Å². The minimum atomic E-state index is -4.24. The second-order valence-corrected chi connectivity index (χ2v) is 8.89. The highest BCUT2D eigenvalue weighted by Crippen LogP contribution is 2.24. The monoisotopic (exact) mass is 375 g/mol. The van der Waals surface area contributed by atoms with Crippen LogP contribution in [-0.2, 0) is 19.9 Å². The number of sulfone groups is 1. The molecular formula is C15H15F2NO4S2. The minimum absolute atomic E-state index is 0.0585. The van der Waals surface area contributed by atoms with Crippen molar-refractivity contribution in [3.8, 4) is 0 Å². The smallest absolute Gasteiger partial charge is 0.224 e. The number of hydrogen-bond acceptors (Lipinski definition) is 4. The fourth-order valence-corrected chi connectivity index (χ4v) is 5.04. The van der Waals surface area contributed by atoms with Gasteiger partial charge in [0, 0.05) is 23.9 Å². The molecule has 0 spiro atoms. The molecule has 1 atom stereocenters. The normalized spacial score (nSPS) is 13.7. The lowest BCUT2D eigenvalue weighted by Crippen LogP contribution is -2.28. The van der Waals surface area contributed by atoms with Gasteiger partial charge >= 0.3 is 0 Å². The van der Waals surface area contributed by atoms with Crippen molar-refractivity contribution in [2.45, 2.75) is 22.8 Å². The fraction of sp³-hybridized carbons (Fsp3) is 0.200. The Morgan fingerprint density at radius 2 is 1.54 bits per heavy atom. The van der Waals surface area contributed by atoms with Gasteiger partial charge in [0.2, 0.25) is 10.0 Å². The summed E-state index contributed by atoms with van der Waals surface area (Å²) in [6.45, 7) is 1.37. The molecule has 0 fully saturated rings. The molecule has 0 aliphatic rings. The van der Waals surface area contributed by atoms with Gasteiger partial charge in [-0.2, -0.15) is 0 Å². The predicted octanol–water partition coefficient (Wildman–Crippen LogP) is 2.41. The summed E-state index contributed by atoms with van der Waals surface area (Å²) in [5.74, 6) is -1.68. The Kier molecular flexibility index (Phi) is 5.07. The van der Waals surface area contributed by atoms with Crippen molar-refractivity contribution in [3.05, 3.63) is 59.7 Å². The van der Waals surface area contributed by atoms with Gasteiger partial charge in [-0.25, -0.2) is 30.3 Å². The van der Waals surface area contributed by atoms with Crippen molar-refractivity contribution in [2.75, 3.05) is 6.26 Å². The molecule has 0 bridgehead atoms. The van der Waals surface area contributed by atoms with Crippen LogP contribution in [0.3, 0.4) is 0 Å². The second-order valence-electron chi connectivity index (χ2n) is 5.23. The van der Waals surface area contributed by atoms with E-state index < -0.39 is 42.4 Å². The van der Waals surface area contributed by atoms with Crippen LogP contribution in [0.25, 0.3) is 0 Å². The van der Waals surface area contributed by atoms with E-state index in [4.69, 9.17) is 0 Å². The first-order valence-electron chi connectivity index (χ1n) is 6.79. The van der Waals surface area contributed by atoms with Crippen LogP contribution in [0.5, 0.6) is 0 Å². The molecule has 2 aromatic carbocycles. The van der Waals surface area contributed by atoms with E-state index in [0.29, 0.717) is 6.07 Å². The van der Waals surface area contributed by atoms with E-state index in [1.54, 1.807) is 0 Å². The summed E-state index contributed by atoms with van der Waals surface area (Å²) in [4.78, 5) is -0.786. The van der Waals surface area contributed by atoms with Gasteiger partial charge in [-0.15, -0.1) is 0 Å². The molecular weight excluding hydrogens is 360 g/mol. The van der Waals surface area contributed by atoms with E-state index in [9.17, 15) is 25.6 Å². The van der Waals surface area contributed by atoms with Crippen molar-refractivity contribution in [3.63, 3.8) is 0 Å². The molecule has 2 rings (SSSR count). The maximum Gasteiger partial charge on any atom is 0.242 e. The summed E-state index contributed by atoms with van der Waals surface area (Å²) in [6, 6.07) is 6.85. The number of benzene rings is 2. The molecule has 1 unspecified atom stereocenters. The van der Waals surface area contributed by atoms with Gasteiger partial charge in [0.1, 0.15) is 16.5 Å². The average Bonchev–Trinajstić information content (AvgIpc) is 2.45. The molecule has 9 heteroatoms. The van der Waals surface area contributed by atoms with Crippen LogP contribution in [-0.4, -0.2) is 23.1 Å². The second kappa shape index (κ2) is 6.58. The number of halogens is 2. The lowest BCUT2D eigenvalue weighted by molar-refractivity contribution is 0.538. The van der Waals surface area contributed by atoms with E-state index in [-0.39, 0.29) is 10.5 Å². The summed E-state index contributed by atoms with van der Waals surface area (Å²) in [6.07, 6.45) is 0.893. The maximum absolute atomic E-state index is 13.8. The first kappa shape index (κ1) is 18.5. The molecule has 2 aromatic rings. The topological polar surface area (TPSA) is 80.3 Å². The highest BCUT2D eigenvalue weighted by atomic mass is 32.2. The van der Waals surface area contributed by atoms with E-state index in [2.05, 4.69) is 4.72 Å². The number of nitrogens with one attached hydrogen (secondary N) is 1. The van der Waals surface area contributed by atoms with Gasteiger partial charge in [-0.05, 0) is 25.1 Å². The summed E-state index contributed by atoms with van der Waals surface area (Å²) < 4.78 is 77.4. The largest absolute Gasteiger partial charge is 0.242 e. The quantitative estimate of drug-likeness (QED) is 0.870. The molecule has 0 aliphatic heterocycles. The third kappa shape index (κ3) is 3.97. The van der Waals surface area contributed by atoms with Crippen LogP contribution in [0.4, 0.5) is 8.78 Å². The van der Waals surface area contributed by atoms with Gasteiger partial charge in [0.15, 0.2) is 9.84 Å². The zero-order valence-corrected chi connectivity index (χ0v) is 14.5. The number of sulfonamides is 1. The first-order valence-corrected chi connectivity index (χ1v) is 10.2. The van der Waals surface area contributed by atoms with Gasteiger partial charge in [-0.3, -0.25) is 0 Å². The summed E-state index contributed by atoms with van der Waals surface area (Å²) in [7, 11) is -8.01. The first-order chi connectivity index (χ1) is 11.0. The zero-order valence-electron chi connectivity index (χ0n) is 12.8. The molecule has 0 amide bonds. The molecule has 0 saturated heterocycles. The van der Waals surface area contributed by atoms with Gasteiger partial charge in [0.05, 0.1) is 4.90 Å². The third-order valence-corrected chi connectivity index (χ3v) is 6.18. The Hall–Kier alpha value is -1.84. The van der Waals surface area contributed by atoms with E-state index in [1.165, 1.54) is 25.1 Å². The molecule has 0 radical (unpaired) electrons. The van der Waals surface area contributed by atoms with E-state index >= 15 is 0 Å². The fourth-order valence-electron chi connectivity index (χ4n) is 2.19. The highest BCUT2D eigenvalue weighted by molar-refractivity contribution is 7.93. The Morgan fingerprint density at radius 1 is 0.958 bits per heavy atom. The number of rotatable bonds is 5. The van der Waals surface area contributed by atoms with Crippen molar-refractivity contribution >= 4 is 19.9 Å². The van der Waals surface area contributed by atoms with Crippen LogP contribution in [0.1, 0.15) is 18.5 Å². The van der Waals surface area contributed by atoms with Crippen LogP contribution >= 0.6 is 0 Å². The number of hydrogen-bond donors (Lipinski definition) is 1. The third-order valence-electron chi connectivity index (χ3n) is 3.30. The molecule has 0 heterocycles. The molecule has 24 heavy (non-hydrogen) atoms. The SMILES string of the molecule is CC(NS(=O)(=O)c1ccccc1S(C)(=O)=O)c1ccc(F)cc1F. The van der Waals surface area contributed by atoms with Crippen molar-refractivity contribution in [1.82, 2.24) is 4.72 Å². The molecule has 0 aromatic heterocycles. The molecule has 0 aliphatic carbocycles. The van der Waals surface area contributed by atoms with Crippen LogP contribution in [0.15, 0.2) is 52.3 Å². The average molecular weight is 375 g/mol. The van der Waals surface area contributed by atoms with Crippen molar-refractivity contribution in [2.24, 2.45) is 0 Å². The van der Waals surface area contributed by atoms with Crippen LogP contribution in [0, 0.1) is 11.6 Å². The zero-order chi connectivity index (χ0) is 18.1. The highest BCUT2D eigenvalue weighted by Gasteiger charge is 2.26. The van der Waals surface area contributed by atoms with Gasteiger partial charge in [-0.1, -0.05) is 18.2 Å². The summed E-state index contributed by atoms with van der Waals surface area (Å²) >= 11 is 0. The molecule has 5 nitrogen and oxygen atoms in total. The van der Waals surface area contributed by atoms with Crippen LogP contribution in [0.2, 0.25) is 0 Å². The minimum Gasteiger partial charge on any atom is -0.224 e. The molecule has 130 valence electrons. The van der Waals surface area contributed by atoms with E-state index in [0.717, 1.165) is 24.5 Å². The Labute approximate surface area is 139 Å². The summed E-state index contributed by atoms with van der Waals surface area (Å²) in [5.41, 5.74) is -0.0585. The van der Waals surface area contributed by atoms with Crippen molar-refractivity contribution in [1.29, 1.82) is 0 Å². The molecule has 0 saturated carbocycles. The Balaban J connectivity index is 2.43. The predicted molar refractivity (Wildman–Crippen MR) is 84.6 cm³/mol. The Bertz CT molecular complexity index is 973. The van der Waals surface area contributed by atoms with Gasteiger partial charge in [0.25, 0.3) is 0 Å². The standard InChI is InChI=1S/C15H15F2NO4S2/c1-10(12-8-7-11(16)9-13(12)17)18-24(21,22)15-6-4-3-5-14(15)23(2,19)20/h3-10,18H,1-2H3. The molecule has 1 N–H and O–H groups in total.